The molecule has 1 aromatic heterocycles. The second kappa shape index (κ2) is 7.37. The molecule has 1 saturated heterocycles. The second-order valence-electron chi connectivity index (χ2n) is 5.04. The Kier molecular flexibility index (Phi) is 5.51. The maximum atomic E-state index is 9.70. The third-order valence-corrected chi connectivity index (χ3v) is 3.40. The van der Waals surface area contributed by atoms with Gasteiger partial charge in [0.2, 0.25) is 11.9 Å². The molecule has 1 fully saturated rings. The van der Waals surface area contributed by atoms with E-state index in [4.69, 9.17) is 9.47 Å². The Labute approximate surface area is 124 Å². The third-order valence-electron chi connectivity index (χ3n) is 3.40. The Balaban J connectivity index is 2.16. The zero-order chi connectivity index (χ0) is 15.1. The molecule has 21 heavy (non-hydrogen) atoms. The van der Waals surface area contributed by atoms with Gasteiger partial charge in [0.05, 0.1) is 18.8 Å². The van der Waals surface area contributed by atoms with Crippen LogP contribution in [0.3, 0.4) is 0 Å². The highest BCUT2D eigenvalue weighted by Crippen LogP contribution is 2.25. The van der Waals surface area contributed by atoms with E-state index in [-0.39, 0.29) is 12.6 Å². The van der Waals surface area contributed by atoms with E-state index in [2.05, 4.69) is 25.6 Å². The molecule has 3 N–H and O–H groups in total. The fraction of sp³-hybridized carbons (Fsp3) is 0.769. The number of ether oxygens (including phenoxy) is 2. The maximum absolute atomic E-state index is 9.70. The minimum atomic E-state index is -0.452. The lowest BCUT2D eigenvalue weighted by molar-refractivity contribution is 0.0376. The SMILES string of the molecule is CCCOc1nc(NC)nc(NC2(CO)CCOCC2)n1. The summed E-state index contributed by atoms with van der Waals surface area (Å²) >= 11 is 0. The highest BCUT2D eigenvalue weighted by atomic mass is 16.5. The van der Waals surface area contributed by atoms with Crippen molar-refractivity contribution in [1.82, 2.24) is 15.0 Å². The van der Waals surface area contributed by atoms with Crippen LogP contribution in [-0.4, -0.2) is 59.1 Å². The summed E-state index contributed by atoms with van der Waals surface area (Å²) in [5.74, 6) is 0.829. The van der Waals surface area contributed by atoms with Crippen molar-refractivity contribution in [2.45, 2.75) is 31.7 Å². The summed E-state index contributed by atoms with van der Waals surface area (Å²) in [4.78, 5) is 12.7. The van der Waals surface area contributed by atoms with E-state index in [1.165, 1.54) is 0 Å². The van der Waals surface area contributed by atoms with Gasteiger partial charge in [0.15, 0.2) is 0 Å². The number of hydrogen-bond donors (Lipinski definition) is 3. The number of rotatable bonds is 7. The fourth-order valence-electron chi connectivity index (χ4n) is 2.10. The highest BCUT2D eigenvalue weighted by Gasteiger charge is 2.33. The van der Waals surface area contributed by atoms with Gasteiger partial charge in [-0.05, 0) is 19.3 Å². The van der Waals surface area contributed by atoms with E-state index in [9.17, 15) is 5.11 Å². The van der Waals surface area contributed by atoms with Crippen molar-refractivity contribution in [2.24, 2.45) is 0 Å². The predicted octanol–water partition coefficient (Wildman–Crippen LogP) is 0.655. The number of aromatic nitrogens is 3. The molecule has 8 nitrogen and oxygen atoms in total. The molecular weight excluding hydrogens is 274 g/mol. The molecule has 0 saturated carbocycles. The first-order chi connectivity index (χ1) is 10.2. The Morgan fingerprint density at radius 2 is 1.95 bits per heavy atom. The van der Waals surface area contributed by atoms with Crippen molar-refractivity contribution in [3.05, 3.63) is 0 Å². The van der Waals surface area contributed by atoms with Gasteiger partial charge in [-0.2, -0.15) is 15.0 Å². The van der Waals surface area contributed by atoms with Gasteiger partial charge in [-0.15, -0.1) is 0 Å². The number of aliphatic hydroxyl groups is 1. The molecule has 0 radical (unpaired) electrons. The molecule has 0 amide bonds. The van der Waals surface area contributed by atoms with E-state index < -0.39 is 5.54 Å². The molecule has 2 rings (SSSR count). The normalized spacial score (nSPS) is 17.3. The van der Waals surface area contributed by atoms with Gasteiger partial charge < -0.3 is 25.2 Å². The summed E-state index contributed by atoms with van der Waals surface area (Å²) in [6.07, 6.45) is 2.28. The summed E-state index contributed by atoms with van der Waals surface area (Å²) < 4.78 is 10.8. The molecule has 8 heteroatoms. The summed E-state index contributed by atoms with van der Waals surface area (Å²) in [5.41, 5.74) is -0.452. The monoisotopic (exact) mass is 297 g/mol. The molecule has 0 bridgehead atoms. The van der Waals surface area contributed by atoms with Gasteiger partial charge in [0.1, 0.15) is 0 Å². The first kappa shape index (κ1) is 15.7. The molecular formula is C13H23N5O3. The molecule has 0 atom stereocenters. The lowest BCUT2D eigenvalue weighted by Gasteiger charge is -2.36. The fourth-order valence-corrected chi connectivity index (χ4v) is 2.10. The summed E-state index contributed by atoms with van der Waals surface area (Å²) in [6, 6.07) is 0.277. The molecule has 1 aliphatic heterocycles. The minimum absolute atomic E-state index is 0.00206. The van der Waals surface area contributed by atoms with E-state index >= 15 is 0 Å². The minimum Gasteiger partial charge on any atom is -0.463 e. The van der Waals surface area contributed by atoms with Gasteiger partial charge in [-0.1, -0.05) is 6.92 Å². The number of aliphatic hydroxyl groups excluding tert-OH is 1. The average Bonchev–Trinajstić information content (AvgIpc) is 2.53. The lowest BCUT2D eigenvalue weighted by atomic mass is 9.91. The maximum Gasteiger partial charge on any atom is 0.323 e. The standard InChI is InChI=1S/C13H23N5O3/c1-3-6-21-12-16-10(14-2)15-11(17-12)18-13(9-19)4-7-20-8-5-13/h19H,3-9H2,1-2H3,(H2,14,15,16,17,18). The summed E-state index contributed by atoms with van der Waals surface area (Å²) in [6.45, 7) is 3.78. The van der Waals surface area contributed by atoms with Crippen LogP contribution in [0.1, 0.15) is 26.2 Å². The first-order valence-corrected chi connectivity index (χ1v) is 7.25. The molecule has 118 valence electrons. The largest absolute Gasteiger partial charge is 0.463 e. The predicted molar refractivity (Wildman–Crippen MR) is 78.7 cm³/mol. The van der Waals surface area contributed by atoms with Gasteiger partial charge >= 0.3 is 6.01 Å². The highest BCUT2D eigenvalue weighted by molar-refractivity contribution is 5.38. The van der Waals surface area contributed by atoms with Crippen LogP contribution in [-0.2, 0) is 4.74 Å². The number of anilines is 2. The summed E-state index contributed by atoms with van der Waals surface area (Å²) in [7, 11) is 1.74. The molecule has 0 aliphatic carbocycles. The first-order valence-electron chi connectivity index (χ1n) is 7.25. The van der Waals surface area contributed by atoms with Crippen LogP contribution in [0, 0.1) is 0 Å². The number of nitrogens with one attached hydrogen (secondary N) is 2. The number of hydrogen-bond acceptors (Lipinski definition) is 8. The molecule has 0 unspecified atom stereocenters. The molecule has 0 spiro atoms. The van der Waals surface area contributed by atoms with Crippen molar-refractivity contribution in [3.8, 4) is 6.01 Å². The zero-order valence-electron chi connectivity index (χ0n) is 12.6. The van der Waals surface area contributed by atoms with Gasteiger partial charge in [0, 0.05) is 20.3 Å². The Hall–Kier alpha value is -1.67. The van der Waals surface area contributed by atoms with Crippen LogP contribution in [0.4, 0.5) is 11.9 Å². The van der Waals surface area contributed by atoms with E-state index in [0.717, 1.165) is 6.42 Å². The second-order valence-corrected chi connectivity index (χ2v) is 5.04. The lowest BCUT2D eigenvalue weighted by Crippen LogP contribution is -2.47. The zero-order valence-corrected chi connectivity index (χ0v) is 12.6. The topological polar surface area (TPSA) is 101 Å². The van der Waals surface area contributed by atoms with Crippen LogP contribution in [0.25, 0.3) is 0 Å². The Morgan fingerprint density at radius 3 is 2.57 bits per heavy atom. The van der Waals surface area contributed by atoms with Gasteiger partial charge in [0.25, 0.3) is 0 Å². The van der Waals surface area contributed by atoms with E-state index in [0.29, 0.717) is 44.6 Å². The molecule has 1 aliphatic rings. The average molecular weight is 297 g/mol. The van der Waals surface area contributed by atoms with Crippen molar-refractivity contribution >= 4 is 11.9 Å². The Morgan fingerprint density at radius 1 is 1.24 bits per heavy atom. The number of nitrogens with zero attached hydrogens (tertiary/aromatic N) is 3. The Bertz CT molecular complexity index is 451. The van der Waals surface area contributed by atoms with Crippen molar-refractivity contribution < 1.29 is 14.6 Å². The van der Waals surface area contributed by atoms with Gasteiger partial charge in [-0.25, -0.2) is 0 Å². The molecule has 0 aromatic carbocycles. The van der Waals surface area contributed by atoms with Crippen molar-refractivity contribution in [1.29, 1.82) is 0 Å². The van der Waals surface area contributed by atoms with Crippen LogP contribution in [0.15, 0.2) is 0 Å². The molecule has 1 aromatic rings. The quantitative estimate of drug-likeness (QED) is 0.674. The van der Waals surface area contributed by atoms with Crippen LogP contribution in [0.2, 0.25) is 0 Å². The van der Waals surface area contributed by atoms with E-state index in [1.807, 2.05) is 6.92 Å². The van der Waals surface area contributed by atoms with Crippen LogP contribution >= 0.6 is 0 Å². The smallest absolute Gasteiger partial charge is 0.323 e. The van der Waals surface area contributed by atoms with Gasteiger partial charge in [-0.3, -0.25) is 0 Å². The van der Waals surface area contributed by atoms with E-state index in [1.54, 1.807) is 7.05 Å². The van der Waals surface area contributed by atoms with Crippen molar-refractivity contribution in [2.75, 3.05) is 44.1 Å². The molecule has 2 heterocycles. The van der Waals surface area contributed by atoms with Crippen LogP contribution < -0.4 is 15.4 Å². The van der Waals surface area contributed by atoms with Crippen LogP contribution in [0.5, 0.6) is 6.01 Å². The van der Waals surface area contributed by atoms with Crippen molar-refractivity contribution in [3.63, 3.8) is 0 Å². The third kappa shape index (κ3) is 4.15. The summed E-state index contributed by atoms with van der Waals surface area (Å²) in [5, 5.41) is 15.8.